The van der Waals surface area contributed by atoms with Gasteiger partial charge in [0.2, 0.25) is 5.91 Å². The van der Waals surface area contributed by atoms with Crippen LogP contribution in [0.25, 0.3) is 0 Å². The Morgan fingerprint density at radius 2 is 1.86 bits per heavy atom. The molecular weight excluding hydrogens is 366 g/mol. The summed E-state index contributed by atoms with van der Waals surface area (Å²) in [4.78, 5) is 36.6. The van der Waals surface area contributed by atoms with Crippen molar-refractivity contribution in [2.24, 2.45) is 0 Å². The van der Waals surface area contributed by atoms with Crippen LogP contribution in [0.2, 0.25) is 0 Å². The lowest BCUT2D eigenvalue weighted by molar-refractivity contribution is -0.118. The zero-order valence-corrected chi connectivity index (χ0v) is 16.8. The molecule has 2 amide bonds. The maximum atomic E-state index is 13.2. The number of carbonyl (C=O) groups is 2. The molecule has 1 saturated heterocycles. The van der Waals surface area contributed by atoms with Gasteiger partial charge in [-0.05, 0) is 50.7 Å². The van der Waals surface area contributed by atoms with Gasteiger partial charge in [0.05, 0.1) is 16.9 Å². The maximum absolute atomic E-state index is 13.2. The van der Waals surface area contributed by atoms with Gasteiger partial charge in [-0.3, -0.25) is 14.5 Å². The van der Waals surface area contributed by atoms with Gasteiger partial charge in [0.1, 0.15) is 0 Å². The Morgan fingerprint density at radius 3 is 2.69 bits per heavy atom. The number of carbonyl (C=O) groups excluding carboxylic acids is 2. The fourth-order valence-corrected chi connectivity index (χ4v) is 3.88. The third-order valence-corrected chi connectivity index (χ3v) is 5.60. The smallest absolute Gasteiger partial charge is 0.257 e. The van der Waals surface area contributed by atoms with E-state index >= 15 is 0 Å². The molecule has 7 nitrogen and oxygen atoms in total. The van der Waals surface area contributed by atoms with Crippen LogP contribution in [0.4, 0.5) is 17.2 Å². The minimum Gasteiger partial charge on any atom is -0.319 e. The number of likely N-dealkylation sites (N-methyl/N-ethyl adjacent to an activating group) is 1. The molecule has 0 aliphatic carbocycles. The number of nitrogens with zero attached hydrogens (tertiary/aromatic N) is 4. The molecule has 1 aromatic carbocycles. The van der Waals surface area contributed by atoms with Crippen LogP contribution in [0, 0.1) is 0 Å². The molecule has 0 bridgehead atoms. The average Bonchev–Trinajstić information content (AvgIpc) is 2.86. The Hall–Kier alpha value is -2.77. The molecule has 0 spiro atoms. The SMILES string of the molecule is CN1CCN(CCCCC(=O)N2c3ccccc3C(=O)Nc3cccnc32)CC1. The molecule has 4 rings (SSSR count). The van der Waals surface area contributed by atoms with Crippen LogP contribution < -0.4 is 10.2 Å². The quantitative estimate of drug-likeness (QED) is 0.791. The number of hydrogen-bond donors (Lipinski definition) is 1. The van der Waals surface area contributed by atoms with Gasteiger partial charge in [-0.15, -0.1) is 0 Å². The molecule has 0 radical (unpaired) electrons. The maximum Gasteiger partial charge on any atom is 0.257 e. The van der Waals surface area contributed by atoms with Crippen molar-refractivity contribution >= 4 is 29.0 Å². The van der Waals surface area contributed by atoms with Gasteiger partial charge in [-0.25, -0.2) is 4.98 Å². The minimum absolute atomic E-state index is 0.0349. The summed E-state index contributed by atoms with van der Waals surface area (Å²) in [6.45, 7) is 5.41. The topological polar surface area (TPSA) is 68.8 Å². The number of amides is 2. The number of piperazine rings is 1. The van der Waals surface area contributed by atoms with Crippen LogP contribution in [-0.2, 0) is 4.79 Å². The Kier molecular flexibility index (Phi) is 5.87. The van der Waals surface area contributed by atoms with E-state index in [1.54, 1.807) is 41.4 Å². The number of rotatable bonds is 5. The van der Waals surface area contributed by atoms with E-state index in [0.29, 0.717) is 29.2 Å². The highest BCUT2D eigenvalue weighted by Gasteiger charge is 2.29. The molecule has 29 heavy (non-hydrogen) atoms. The van der Waals surface area contributed by atoms with Gasteiger partial charge >= 0.3 is 0 Å². The van der Waals surface area contributed by atoms with E-state index in [9.17, 15) is 9.59 Å². The second kappa shape index (κ2) is 8.71. The summed E-state index contributed by atoms with van der Waals surface area (Å²) >= 11 is 0. The number of hydrogen-bond acceptors (Lipinski definition) is 5. The fourth-order valence-electron chi connectivity index (χ4n) is 3.88. The van der Waals surface area contributed by atoms with E-state index in [1.807, 2.05) is 6.07 Å². The molecule has 1 N–H and O–H groups in total. The van der Waals surface area contributed by atoms with Gasteiger partial charge in [0.25, 0.3) is 5.91 Å². The zero-order chi connectivity index (χ0) is 20.2. The second-order valence-corrected chi connectivity index (χ2v) is 7.68. The van der Waals surface area contributed by atoms with Gasteiger partial charge in [-0.2, -0.15) is 0 Å². The number of unbranched alkanes of at least 4 members (excludes halogenated alkanes) is 1. The molecule has 0 unspecified atom stereocenters. The highest BCUT2D eigenvalue weighted by Crippen LogP contribution is 2.36. The lowest BCUT2D eigenvalue weighted by Crippen LogP contribution is -2.44. The number of para-hydroxylation sites is 1. The monoisotopic (exact) mass is 393 g/mol. The van der Waals surface area contributed by atoms with Crippen LogP contribution in [0.1, 0.15) is 29.6 Å². The first kappa shape index (κ1) is 19.5. The molecular formula is C22H27N5O2. The number of pyridine rings is 1. The van der Waals surface area contributed by atoms with Crippen molar-refractivity contribution in [1.29, 1.82) is 0 Å². The predicted molar refractivity (Wildman–Crippen MR) is 114 cm³/mol. The largest absolute Gasteiger partial charge is 0.319 e. The van der Waals surface area contributed by atoms with E-state index in [1.165, 1.54) is 0 Å². The molecule has 0 atom stereocenters. The van der Waals surface area contributed by atoms with Gasteiger partial charge in [0, 0.05) is 38.8 Å². The lowest BCUT2D eigenvalue weighted by Gasteiger charge is -2.32. The summed E-state index contributed by atoms with van der Waals surface area (Å²) in [5.74, 6) is 0.224. The molecule has 2 aliphatic rings. The Bertz CT molecular complexity index is 892. The number of fused-ring (bicyclic) bond motifs is 2. The van der Waals surface area contributed by atoms with Gasteiger partial charge in [0.15, 0.2) is 5.82 Å². The molecule has 0 saturated carbocycles. The predicted octanol–water partition coefficient (Wildman–Crippen LogP) is 2.73. The number of aromatic nitrogens is 1. The first-order chi connectivity index (χ1) is 14.1. The summed E-state index contributed by atoms with van der Waals surface area (Å²) < 4.78 is 0. The van der Waals surface area contributed by atoms with Crippen LogP contribution in [0.15, 0.2) is 42.6 Å². The standard InChI is InChI=1S/C22H27N5O2/c1-25-13-15-26(16-14-25)12-5-4-10-20(28)27-19-9-3-2-7-17(19)22(29)24-18-8-6-11-23-21(18)27/h2-3,6-9,11H,4-5,10,12-16H2,1H3,(H,24,29). The first-order valence-corrected chi connectivity index (χ1v) is 10.2. The van der Waals surface area contributed by atoms with Gasteiger partial charge in [-0.1, -0.05) is 12.1 Å². The lowest BCUT2D eigenvalue weighted by atomic mass is 10.1. The van der Waals surface area contributed by atoms with Crippen molar-refractivity contribution in [3.05, 3.63) is 48.2 Å². The summed E-state index contributed by atoms with van der Waals surface area (Å²) in [7, 11) is 2.15. The van der Waals surface area contributed by atoms with Crippen molar-refractivity contribution in [1.82, 2.24) is 14.8 Å². The summed E-state index contributed by atoms with van der Waals surface area (Å²) in [6.07, 6.45) is 3.86. The summed E-state index contributed by atoms with van der Waals surface area (Å²) in [5, 5.41) is 2.87. The Morgan fingerprint density at radius 1 is 1.07 bits per heavy atom. The average molecular weight is 393 g/mol. The molecule has 7 heteroatoms. The fraction of sp³-hybridized carbons (Fsp3) is 0.409. The van der Waals surface area contributed by atoms with Gasteiger partial charge < -0.3 is 15.1 Å². The molecule has 3 heterocycles. The summed E-state index contributed by atoms with van der Waals surface area (Å²) in [5.41, 5.74) is 1.63. The van der Waals surface area contributed by atoms with Crippen LogP contribution in [0.3, 0.4) is 0 Å². The van der Waals surface area contributed by atoms with Crippen molar-refractivity contribution < 1.29 is 9.59 Å². The van der Waals surface area contributed by atoms with Crippen molar-refractivity contribution in [2.75, 3.05) is 50.0 Å². The first-order valence-electron chi connectivity index (χ1n) is 10.2. The van der Waals surface area contributed by atoms with Crippen molar-refractivity contribution in [3.63, 3.8) is 0 Å². The summed E-state index contributed by atoms with van der Waals surface area (Å²) in [6, 6.07) is 10.7. The highest BCUT2D eigenvalue weighted by atomic mass is 16.2. The third-order valence-electron chi connectivity index (χ3n) is 5.60. The number of benzene rings is 1. The molecule has 1 aromatic heterocycles. The third kappa shape index (κ3) is 4.31. The van der Waals surface area contributed by atoms with E-state index in [0.717, 1.165) is 45.6 Å². The molecule has 1 fully saturated rings. The molecule has 2 aromatic rings. The molecule has 2 aliphatic heterocycles. The van der Waals surface area contributed by atoms with Crippen LogP contribution >= 0.6 is 0 Å². The number of nitrogens with one attached hydrogen (secondary N) is 1. The normalized spacial score (nSPS) is 17.3. The van der Waals surface area contributed by atoms with E-state index in [2.05, 4.69) is 27.1 Å². The van der Waals surface area contributed by atoms with Crippen molar-refractivity contribution in [3.8, 4) is 0 Å². The zero-order valence-electron chi connectivity index (χ0n) is 16.8. The second-order valence-electron chi connectivity index (χ2n) is 7.68. The van der Waals surface area contributed by atoms with Crippen LogP contribution in [0.5, 0.6) is 0 Å². The van der Waals surface area contributed by atoms with E-state index < -0.39 is 0 Å². The van der Waals surface area contributed by atoms with E-state index in [-0.39, 0.29) is 11.8 Å². The Labute approximate surface area is 171 Å². The minimum atomic E-state index is -0.222. The van der Waals surface area contributed by atoms with Crippen LogP contribution in [-0.4, -0.2) is 66.4 Å². The van der Waals surface area contributed by atoms with E-state index in [4.69, 9.17) is 0 Å². The van der Waals surface area contributed by atoms with Crippen molar-refractivity contribution in [2.45, 2.75) is 19.3 Å². The molecule has 152 valence electrons. The number of anilines is 3. The Balaban J connectivity index is 1.46. The highest BCUT2D eigenvalue weighted by molar-refractivity contribution is 6.17.